The van der Waals surface area contributed by atoms with E-state index < -0.39 is 10.5 Å². The van der Waals surface area contributed by atoms with E-state index >= 15 is 0 Å². The lowest BCUT2D eigenvalue weighted by Crippen LogP contribution is -2.66. The number of non-ortho nitro benzene ring substituents is 1. The van der Waals surface area contributed by atoms with Crippen LogP contribution in [0, 0.1) is 10.1 Å². The summed E-state index contributed by atoms with van der Waals surface area (Å²) in [4.78, 5) is 23.9. The minimum absolute atomic E-state index is 0.00773. The van der Waals surface area contributed by atoms with Crippen LogP contribution in [0.25, 0.3) is 0 Å². The first-order valence-electron chi connectivity index (χ1n) is 6.22. The Morgan fingerprint density at radius 2 is 2.11 bits per heavy atom. The summed E-state index contributed by atoms with van der Waals surface area (Å²) in [6.07, 6.45) is 1.60. The topological polar surface area (TPSA) is 72.7 Å². The molecule has 19 heavy (non-hydrogen) atoms. The lowest BCUT2D eigenvalue weighted by atomic mass is 9.76. The van der Waals surface area contributed by atoms with Gasteiger partial charge in [0.2, 0.25) is 0 Å². The molecular formula is C13H14N2O4. The van der Waals surface area contributed by atoms with Crippen LogP contribution < -0.4 is 0 Å². The maximum atomic E-state index is 12.0. The highest BCUT2D eigenvalue weighted by atomic mass is 16.6. The van der Waals surface area contributed by atoms with Gasteiger partial charge in [0.1, 0.15) is 0 Å². The number of amides is 1. The van der Waals surface area contributed by atoms with Crippen LogP contribution >= 0.6 is 0 Å². The normalized spacial score (nSPS) is 29.6. The van der Waals surface area contributed by atoms with Gasteiger partial charge in [-0.1, -0.05) is 12.1 Å². The third-order valence-electron chi connectivity index (χ3n) is 3.98. The smallest absolute Gasteiger partial charge is 0.269 e. The van der Waals surface area contributed by atoms with E-state index in [0.717, 1.165) is 18.4 Å². The number of carbonyl (C=O) groups excluding carboxylic acids is 1. The predicted molar refractivity (Wildman–Crippen MR) is 66.5 cm³/mol. The van der Waals surface area contributed by atoms with Crippen LogP contribution in [0.5, 0.6) is 0 Å². The Labute approximate surface area is 110 Å². The molecule has 2 fully saturated rings. The lowest BCUT2D eigenvalue weighted by molar-refractivity contribution is -0.384. The molecular weight excluding hydrogens is 248 g/mol. The standard InChI is InChI=1S/C13H14N2O4/c1-14-11(13(12(14)16)7-2-8-19-13)9-3-5-10(6-4-9)15(17)18/h3-6,11H,2,7-8H2,1H3/t11-,13+/m1/s1. The van der Waals surface area contributed by atoms with Gasteiger partial charge in [-0.3, -0.25) is 14.9 Å². The number of nitro benzene ring substituents is 1. The summed E-state index contributed by atoms with van der Waals surface area (Å²) in [5, 5.41) is 10.6. The maximum absolute atomic E-state index is 12.0. The Hall–Kier alpha value is -1.95. The minimum Gasteiger partial charge on any atom is -0.363 e. The maximum Gasteiger partial charge on any atom is 0.269 e. The van der Waals surface area contributed by atoms with E-state index in [1.54, 1.807) is 24.1 Å². The third-order valence-corrected chi connectivity index (χ3v) is 3.98. The van der Waals surface area contributed by atoms with Gasteiger partial charge < -0.3 is 9.64 Å². The van der Waals surface area contributed by atoms with Crippen molar-refractivity contribution in [2.24, 2.45) is 0 Å². The van der Waals surface area contributed by atoms with Gasteiger partial charge in [-0.2, -0.15) is 0 Å². The van der Waals surface area contributed by atoms with Crippen molar-refractivity contribution in [2.45, 2.75) is 24.5 Å². The molecule has 2 heterocycles. The molecule has 0 aromatic heterocycles. The van der Waals surface area contributed by atoms with E-state index in [9.17, 15) is 14.9 Å². The SMILES string of the molecule is CN1C(=O)[C@]2(CCCO2)[C@H]1c1ccc([N+](=O)[O-])cc1. The first-order valence-corrected chi connectivity index (χ1v) is 6.22. The van der Waals surface area contributed by atoms with Gasteiger partial charge in [0, 0.05) is 25.8 Å². The van der Waals surface area contributed by atoms with Crippen molar-refractivity contribution in [3.05, 3.63) is 39.9 Å². The zero-order valence-electron chi connectivity index (χ0n) is 10.5. The van der Waals surface area contributed by atoms with E-state index in [-0.39, 0.29) is 17.6 Å². The molecule has 1 amide bonds. The Morgan fingerprint density at radius 3 is 2.63 bits per heavy atom. The van der Waals surface area contributed by atoms with E-state index in [1.807, 2.05) is 0 Å². The molecule has 100 valence electrons. The molecule has 1 aromatic carbocycles. The number of ether oxygens (including phenoxy) is 1. The van der Waals surface area contributed by atoms with E-state index in [2.05, 4.69) is 0 Å². The molecule has 2 saturated heterocycles. The second-order valence-electron chi connectivity index (χ2n) is 5.01. The molecule has 2 aliphatic heterocycles. The molecule has 0 unspecified atom stereocenters. The molecule has 1 aromatic rings. The molecule has 0 radical (unpaired) electrons. The Bertz CT molecular complexity index is 534. The van der Waals surface area contributed by atoms with E-state index in [0.29, 0.717) is 6.61 Å². The molecule has 2 aliphatic rings. The number of rotatable bonds is 2. The second kappa shape index (κ2) is 4.03. The molecule has 1 spiro atoms. The lowest BCUT2D eigenvalue weighted by Gasteiger charge is -2.52. The highest BCUT2D eigenvalue weighted by Gasteiger charge is 2.62. The number of hydrogen-bond donors (Lipinski definition) is 0. The van der Waals surface area contributed by atoms with Crippen molar-refractivity contribution >= 4 is 11.6 Å². The zero-order valence-corrected chi connectivity index (χ0v) is 10.5. The van der Waals surface area contributed by atoms with Crippen LogP contribution in [-0.2, 0) is 9.53 Å². The third kappa shape index (κ3) is 1.56. The summed E-state index contributed by atoms with van der Waals surface area (Å²) in [6, 6.07) is 6.21. The first kappa shape index (κ1) is 12.1. The van der Waals surface area contributed by atoms with Crippen LogP contribution in [-0.4, -0.2) is 35.0 Å². The van der Waals surface area contributed by atoms with Crippen molar-refractivity contribution in [1.29, 1.82) is 0 Å². The van der Waals surface area contributed by atoms with Crippen molar-refractivity contribution in [3.63, 3.8) is 0 Å². The van der Waals surface area contributed by atoms with E-state index in [4.69, 9.17) is 4.74 Å². The summed E-state index contributed by atoms with van der Waals surface area (Å²) >= 11 is 0. The average molecular weight is 262 g/mol. The largest absolute Gasteiger partial charge is 0.363 e. The molecule has 3 rings (SSSR count). The van der Waals surface area contributed by atoms with Crippen molar-refractivity contribution in [1.82, 2.24) is 4.90 Å². The molecule has 0 saturated carbocycles. The van der Waals surface area contributed by atoms with Gasteiger partial charge in [-0.25, -0.2) is 0 Å². The number of likely N-dealkylation sites (N-methyl/N-ethyl adjacent to an activating group) is 1. The van der Waals surface area contributed by atoms with Crippen LogP contribution in [0.4, 0.5) is 5.69 Å². The zero-order chi connectivity index (χ0) is 13.6. The molecule has 2 atom stereocenters. The fourth-order valence-corrected chi connectivity index (χ4v) is 3.10. The van der Waals surface area contributed by atoms with Crippen molar-refractivity contribution < 1.29 is 14.5 Å². The molecule has 6 heteroatoms. The predicted octanol–water partition coefficient (Wildman–Crippen LogP) is 1.66. The van der Waals surface area contributed by atoms with Crippen LogP contribution in [0.3, 0.4) is 0 Å². The summed E-state index contributed by atoms with van der Waals surface area (Å²) in [5.74, 6) is 0.00773. The number of benzene rings is 1. The summed E-state index contributed by atoms with van der Waals surface area (Å²) in [5.41, 5.74) is 0.207. The highest BCUT2D eigenvalue weighted by molar-refractivity contribution is 5.93. The number of carbonyl (C=O) groups is 1. The number of likely N-dealkylation sites (tertiary alicyclic amines) is 1. The molecule has 6 nitrogen and oxygen atoms in total. The minimum atomic E-state index is -0.731. The fraction of sp³-hybridized carbons (Fsp3) is 0.462. The average Bonchev–Trinajstić information content (AvgIpc) is 2.91. The van der Waals surface area contributed by atoms with Crippen LogP contribution in [0.15, 0.2) is 24.3 Å². The van der Waals surface area contributed by atoms with Gasteiger partial charge in [-0.15, -0.1) is 0 Å². The van der Waals surface area contributed by atoms with Gasteiger partial charge in [0.15, 0.2) is 5.60 Å². The van der Waals surface area contributed by atoms with Gasteiger partial charge in [0.25, 0.3) is 11.6 Å². The summed E-state index contributed by atoms with van der Waals surface area (Å²) in [6.45, 7) is 0.600. The molecule has 0 aliphatic carbocycles. The van der Waals surface area contributed by atoms with E-state index in [1.165, 1.54) is 12.1 Å². The van der Waals surface area contributed by atoms with Gasteiger partial charge in [0.05, 0.1) is 11.0 Å². The van der Waals surface area contributed by atoms with Crippen molar-refractivity contribution in [2.75, 3.05) is 13.7 Å². The number of nitrogens with zero attached hydrogens (tertiary/aromatic N) is 2. The Morgan fingerprint density at radius 1 is 1.42 bits per heavy atom. The second-order valence-corrected chi connectivity index (χ2v) is 5.01. The fourth-order valence-electron chi connectivity index (χ4n) is 3.10. The van der Waals surface area contributed by atoms with Gasteiger partial charge in [-0.05, 0) is 18.4 Å². The Kier molecular flexibility index (Phi) is 2.56. The molecule has 0 bridgehead atoms. The monoisotopic (exact) mass is 262 g/mol. The summed E-state index contributed by atoms with van der Waals surface area (Å²) in [7, 11) is 1.74. The van der Waals surface area contributed by atoms with Crippen molar-refractivity contribution in [3.8, 4) is 0 Å². The summed E-state index contributed by atoms with van der Waals surface area (Å²) < 4.78 is 5.68. The van der Waals surface area contributed by atoms with Crippen LogP contribution in [0.1, 0.15) is 24.4 Å². The highest BCUT2D eigenvalue weighted by Crippen LogP contribution is 2.50. The van der Waals surface area contributed by atoms with Crippen LogP contribution in [0.2, 0.25) is 0 Å². The number of β-lactam (4-membered cyclic amide) rings is 1. The first-order chi connectivity index (χ1) is 9.06. The quantitative estimate of drug-likeness (QED) is 0.461. The number of nitro groups is 1. The number of hydrogen-bond acceptors (Lipinski definition) is 4. The Balaban J connectivity index is 1.92. The van der Waals surface area contributed by atoms with Gasteiger partial charge >= 0.3 is 0 Å². The molecule has 0 N–H and O–H groups in total.